The molecule has 4 heteroatoms. The van der Waals surface area contributed by atoms with Crippen molar-refractivity contribution in [3.8, 4) is 0 Å². The Balaban J connectivity index is 2.18. The summed E-state index contributed by atoms with van der Waals surface area (Å²) in [5, 5.41) is 9.89. The molecule has 3 rings (SSSR count). The molecule has 1 amide bonds. The zero-order chi connectivity index (χ0) is 15.0. The number of para-hydroxylation sites is 1. The first kappa shape index (κ1) is 14.1. The van der Waals surface area contributed by atoms with Crippen LogP contribution in [0.1, 0.15) is 49.7 Å². The van der Waals surface area contributed by atoms with Gasteiger partial charge in [-0.1, -0.05) is 37.5 Å². The molecule has 0 aromatic heterocycles. The van der Waals surface area contributed by atoms with E-state index in [1.54, 1.807) is 11.9 Å². The summed E-state index contributed by atoms with van der Waals surface area (Å²) in [6.45, 7) is 0. The highest BCUT2D eigenvalue weighted by molar-refractivity contribution is 5.98. The first-order valence-electron chi connectivity index (χ1n) is 7.68. The third-order valence-corrected chi connectivity index (χ3v) is 5.07. The maximum Gasteiger partial charge on any atom is 0.314 e. The van der Waals surface area contributed by atoms with Crippen molar-refractivity contribution in [2.45, 2.75) is 50.4 Å². The Kier molecular flexibility index (Phi) is 3.47. The van der Waals surface area contributed by atoms with Crippen molar-refractivity contribution in [3.63, 3.8) is 0 Å². The first-order valence-corrected chi connectivity index (χ1v) is 7.68. The molecule has 1 aromatic carbocycles. The molecule has 1 saturated carbocycles. The van der Waals surface area contributed by atoms with E-state index in [2.05, 4.69) is 0 Å². The summed E-state index contributed by atoms with van der Waals surface area (Å²) >= 11 is 0. The number of rotatable bonds is 2. The average Bonchev–Trinajstić information content (AvgIpc) is 2.51. The van der Waals surface area contributed by atoms with Crippen LogP contribution in [0.15, 0.2) is 18.2 Å². The SMILES string of the molecule is CN1C(=O)CCc2cccc(C3(C(=O)O)CCCCC3)c21. The molecule has 112 valence electrons. The number of fused-ring (bicyclic) bond motifs is 1. The second-order valence-corrected chi connectivity index (χ2v) is 6.21. The normalized spacial score (nSPS) is 21.0. The summed E-state index contributed by atoms with van der Waals surface area (Å²) in [6, 6.07) is 5.87. The highest BCUT2D eigenvalue weighted by atomic mass is 16.4. The van der Waals surface area contributed by atoms with Crippen LogP contribution in [0.3, 0.4) is 0 Å². The fraction of sp³-hybridized carbons (Fsp3) is 0.529. The van der Waals surface area contributed by atoms with Crippen LogP contribution in [0.5, 0.6) is 0 Å². The summed E-state index contributed by atoms with van der Waals surface area (Å²) < 4.78 is 0. The molecule has 1 aliphatic heterocycles. The van der Waals surface area contributed by atoms with E-state index in [1.807, 2.05) is 18.2 Å². The summed E-state index contributed by atoms with van der Waals surface area (Å²) in [5.41, 5.74) is 1.96. The number of anilines is 1. The molecule has 0 spiro atoms. The van der Waals surface area contributed by atoms with Crippen LogP contribution in [-0.4, -0.2) is 24.0 Å². The predicted octanol–water partition coefficient (Wildman–Crippen LogP) is 2.88. The number of amides is 1. The molecule has 2 aliphatic rings. The van der Waals surface area contributed by atoms with Gasteiger partial charge in [0, 0.05) is 13.5 Å². The lowest BCUT2D eigenvalue weighted by Gasteiger charge is -2.38. The van der Waals surface area contributed by atoms with E-state index < -0.39 is 11.4 Å². The maximum absolute atomic E-state index is 12.0. The molecule has 1 N–H and O–H groups in total. The molecule has 0 atom stereocenters. The van der Waals surface area contributed by atoms with Gasteiger partial charge in [0.25, 0.3) is 0 Å². The van der Waals surface area contributed by atoms with Crippen molar-refractivity contribution in [2.75, 3.05) is 11.9 Å². The van der Waals surface area contributed by atoms with Crippen molar-refractivity contribution >= 4 is 17.6 Å². The predicted molar refractivity (Wildman–Crippen MR) is 80.6 cm³/mol. The minimum absolute atomic E-state index is 0.0753. The highest BCUT2D eigenvalue weighted by Crippen LogP contribution is 2.45. The van der Waals surface area contributed by atoms with E-state index in [0.717, 1.165) is 36.1 Å². The Bertz CT molecular complexity index is 588. The van der Waals surface area contributed by atoms with Crippen LogP contribution in [0, 0.1) is 0 Å². The number of carbonyl (C=O) groups excluding carboxylic acids is 1. The zero-order valence-corrected chi connectivity index (χ0v) is 12.4. The molecule has 4 nitrogen and oxygen atoms in total. The largest absolute Gasteiger partial charge is 0.481 e. The van der Waals surface area contributed by atoms with Gasteiger partial charge in [0.1, 0.15) is 0 Å². The minimum Gasteiger partial charge on any atom is -0.481 e. The van der Waals surface area contributed by atoms with Gasteiger partial charge in [0.15, 0.2) is 0 Å². The molecule has 0 unspecified atom stereocenters. The number of carboxylic acid groups (broad SMARTS) is 1. The lowest BCUT2D eigenvalue weighted by Crippen LogP contribution is -2.41. The fourth-order valence-corrected chi connectivity index (χ4v) is 3.86. The van der Waals surface area contributed by atoms with Gasteiger partial charge in [-0.2, -0.15) is 0 Å². The number of hydrogen-bond acceptors (Lipinski definition) is 2. The smallest absolute Gasteiger partial charge is 0.314 e. The Morgan fingerprint density at radius 3 is 2.57 bits per heavy atom. The molecule has 1 fully saturated rings. The Morgan fingerprint density at radius 2 is 1.90 bits per heavy atom. The average molecular weight is 287 g/mol. The van der Waals surface area contributed by atoms with Gasteiger partial charge < -0.3 is 10.0 Å². The van der Waals surface area contributed by atoms with E-state index in [4.69, 9.17) is 0 Å². The van der Waals surface area contributed by atoms with Crippen molar-refractivity contribution in [1.29, 1.82) is 0 Å². The Hall–Kier alpha value is -1.84. The van der Waals surface area contributed by atoms with E-state index in [-0.39, 0.29) is 5.91 Å². The van der Waals surface area contributed by atoms with Crippen molar-refractivity contribution in [2.24, 2.45) is 0 Å². The number of nitrogens with zero attached hydrogens (tertiary/aromatic N) is 1. The van der Waals surface area contributed by atoms with Gasteiger partial charge in [0.05, 0.1) is 11.1 Å². The van der Waals surface area contributed by atoms with E-state index in [9.17, 15) is 14.7 Å². The number of aryl methyl sites for hydroxylation is 1. The summed E-state index contributed by atoms with van der Waals surface area (Å²) in [4.78, 5) is 25.8. The number of hydrogen-bond donors (Lipinski definition) is 1. The molecule has 1 aromatic rings. The second-order valence-electron chi connectivity index (χ2n) is 6.21. The van der Waals surface area contributed by atoms with Crippen molar-refractivity contribution in [1.82, 2.24) is 0 Å². The quantitative estimate of drug-likeness (QED) is 0.910. The van der Waals surface area contributed by atoms with Crippen LogP contribution < -0.4 is 4.90 Å². The lowest BCUT2D eigenvalue weighted by atomic mass is 9.68. The van der Waals surface area contributed by atoms with Gasteiger partial charge in [-0.3, -0.25) is 9.59 Å². The minimum atomic E-state index is -0.824. The van der Waals surface area contributed by atoms with Crippen LogP contribution >= 0.6 is 0 Å². The number of carbonyl (C=O) groups is 2. The van der Waals surface area contributed by atoms with Gasteiger partial charge in [-0.25, -0.2) is 0 Å². The standard InChI is InChI=1S/C17H21NO3/c1-18-14(19)9-8-12-6-5-7-13(15(12)18)17(16(20)21)10-3-2-4-11-17/h5-7H,2-4,8-11H2,1H3,(H,20,21). The molecule has 0 saturated heterocycles. The zero-order valence-electron chi connectivity index (χ0n) is 12.4. The van der Waals surface area contributed by atoms with Crippen molar-refractivity contribution < 1.29 is 14.7 Å². The van der Waals surface area contributed by atoms with E-state index in [1.165, 1.54) is 0 Å². The molecule has 0 bridgehead atoms. The van der Waals surface area contributed by atoms with Crippen molar-refractivity contribution in [3.05, 3.63) is 29.3 Å². The van der Waals surface area contributed by atoms with E-state index in [0.29, 0.717) is 25.7 Å². The molecule has 0 radical (unpaired) electrons. The van der Waals surface area contributed by atoms with Gasteiger partial charge >= 0.3 is 5.97 Å². The molecule has 1 heterocycles. The number of benzene rings is 1. The third-order valence-electron chi connectivity index (χ3n) is 5.07. The number of aliphatic carboxylic acids is 1. The number of carboxylic acids is 1. The monoisotopic (exact) mass is 287 g/mol. The maximum atomic E-state index is 12.0. The Morgan fingerprint density at radius 1 is 1.19 bits per heavy atom. The van der Waals surface area contributed by atoms with Crippen LogP contribution in [0.2, 0.25) is 0 Å². The Labute approximate surface area is 124 Å². The topological polar surface area (TPSA) is 57.6 Å². The fourth-order valence-electron chi connectivity index (χ4n) is 3.86. The summed E-state index contributed by atoms with van der Waals surface area (Å²) in [5.74, 6) is -0.673. The van der Waals surface area contributed by atoms with Gasteiger partial charge in [0.2, 0.25) is 5.91 Å². The second kappa shape index (κ2) is 5.17. The molecular weight excluding hydrogens is 266 g/mol. The molecular formula is C17H21NO3. The summed E-state index contributed by atoms with van der Waals surface area (Å²) in [6.07, 6.45) is 5.52. The first-order chi connectivity index (χ1) is 10.1. The van der Waals surface area contributed by atoms with Crippen LogP contribution in [0.4, 0.5) is 5.69 Å². The third kappa shape index (κ3) is 2.13. The highest BCUT2D eigenvalue weighted by Gasteiger charge is 2.44. The van der Waals surface area contributed by atoms with Gasteiger partial charge in [-0.15, -0.1) is 0 Å². The van der Waals surface area contributed by atoms with Crippen LogP contribution in [0.25, 0.3) is 0 Å². The van der Waals surface area contributed by atoms with Crippen LogP contribution in [-0.2, 0) is 21.4 Å². The molecule has 21 heavy (non-hydrogen) atoms. The lowest BCUT2D eigenvalue weighted by molar-refractivity contribution is -0.145. The summed E-state index contributed by atoms with van der Waals surface area (Å²) in [7, 11) is 1.77. The molecule has 1 aliphatic carbocycles. The van der Waals surface area contributed by atoms with Gasteiger partial charge in [-0.05, 0) is 30.4 Å². The van der Waals surface area contributed by atoms with E-state index >= 15 is 0 Å².